The maximum Gasteiger partial charge on any atom is 0.281 e. The van der Waals surface area contributed by atoms with Gasteiger partial charge in [0.2, 0.25) is 5.91 Å². The molecule has 0 aliphatic heterocycles. The number of hydrogen-bond donors (Lipinski definition) is 1. The highest BCUT2D eigenvalue weighted by Gasteiger charge is 2.14. The first-order valence-corrected chi connectivity index (χ1v) is 9.00. The standard InChI is InChI=1S/C20H17FN6O2/c21-15-6-8-16(9-7-15)27-19-17(12-23-27)20(29)26(25-24-19)13-18(28)22-11-10-14-4-2-1-3-5-14/h1-9,12H,10-11,13H2,(H,22,28). The van der Waals surface area contributed by atoms with Crippen LogP contribution in [0.3, 0.4) is 0 Å². The zero-order valence-electron chi connectivity index (χ0n) is 15.3. The quantitative estimate of drug-likeness (QED) is 0.536. The van der Waals surface area contributed by atoms with Crippen LogP contribution in [-0.4, -0.2) is 37.2 Å². The summed E-state index contributed by atoms with van der Waals surface area (Å²) in [6.07, 6.45) is 2.05. The van der Waals surface area contributed by atoms with Crippen LogP contribution < -0.4 is 10.9 Å². The Bertz CT molecular complexity index is 1200. The second kappa shape index (κ2) is 8.01. The van der Waals surface area contributed by atoms with Crippen LogP contribution in [0.5, 0.6) is 0 Å². The zero-order chi connectivity index (χ0) is 20.2. The summed E-state index contributed by atoms with van der Waals surface area (Å²) in [5.41, 5.74) is 1.43. The second-order valence-electron chi connectivity index (χ2n) is 6.41. The van der Waals surface area contributed by atoms with Crippen LogP contribution in [0.1, 0.15) is 5.56 Å². The molecule has 2 heterocycles. The Morgan fingerprint density at radius 3 is 2.59 bits per heavy atom. The SMILES string of the molecule is O=C(Cn1nnc2c(cnn2-c2ccc(F)cc2)c1=O)NCCc1ccccc1. The van der Waals surface area contributed by atoms with Crippen molar-refractivity contribution in [1.82, 2.24) is 30.1 Å². The van der Waals surface area contributed by atoms with E-state index in [0.717, 1.165) is 10.2 Å². The molecule has 0 aliphatic rings. The van der Waals surface area contributed by atoms with Crippen molar-refractivity contribution < 1.29 is 9.18 Å². The van der Waals surface area contributed by atoms with E-state index < -0.39 is 5.56 Å². The average Bonchev–Trinajstić information content (AvgIpc) is 3.16. The molecule has 4 rings (SSSR count). The van der Waals surface area contributed by atoms with Gasteiger partial charge in [0.25, 0.3) is 5.56 Å². The molecular weight excluding hydrogens is 375 g/mol. The largest absolute Gasteiger partial charge is 0.354 e. The number of carbonyl (C=O) groups is 1. The highest BCUT2D eigenvalue weighted by molar-refractivity contribution is 5.77. The Morgan fingerprint density at radius 1 is 1.07 bits per heavy atom. The van der Waals surface area contributed by atoms with Gasteiger partial charge in [0.1, 0.15) is 17.7 Å². The number of halogens is 1. The van der Waals surface area contributed by atoms with Crippen molar-refractivity contribution in [3.05, 3.63) is 82.5 Å². The van der Waals surface area contributed by atoms with Crippen LogP contribution in [0.25, 0.3) is 16.7 Å². The molecule has 0 aliphatic carbocycles. The predicted octanol–water partition coefficient (Wildman–Crippen LogP) is 1.48. The summed E-state index contributed by atoms with van der Waals surface area (Å²) < 4.78 is 15.5. The summed E-state index contributed by atoms with van der Waals surface area (Å²) in [5, 5.41) is 15.0. The fraction of sp³-hybridized carbons (Fsp3) is 0.150. The summed E-state index contributed by atoms with van der Waals surface area (Å²) >= 11 is 0. The molecule has 0 saturated carbocycles. The third-order valence-corrected chi connectivity index (χ3v) is 4.40. The smallest absolute Gasteiger partial charge is 0.281 e. The average molecular weight is 392 g/mol. The molecule has 0 saturated heterocycles. The highest BCUT2D eigenvalue weighted by atomic mass is 19.1. The van der Waals surface area contributed by atoms with Gasteiger partial charge in [-0.1, -0.05) is 35.5 Å². The van der Waals surface area contributed by atoms with Crippen molar-refractivity contribution in [3.63, 3.8) is 0 Å². The lowest BCUT2D eigenvalue weighted by molar-refractivity contribution is -0.121. The number of fused-ring (bicyclic) bond motifs is 1. The third-order valence-electron chi connectivity index (χ3n) is 4.40. The number of carbonyl (C=O) groups excluding carboxylic acids is 1. The van der Waals surface area contributed by atoms with Crippen molar-refractivity contribution in [2.45, 2.75) is 13.0 Å². The lowest BCUT2D eigenvalue weighted by Gasteiger charge is -2.07. The second-order valence-corrected chi connectivity index (χ2v) is 6.41. The number of nitrogens with zero attached hydrogens (tertiary/aromatic N) is 5. The number of benzene rings is 2. The van der Waals surface area contributed by atoms with E-state index in [1.807, 2.05) is 30.3 Å². The highest BCUT2D eigenvalue weighted by Crippen LogP contribution is 2.13. The van der Waals surface area contributed by atoms with Crippen LogP contribution in [0.2, 0.25) is 0 Å². The van der Waals surface area contributed by atoms with Gasteiger partial charge in [-0.05, 0) is 36.2 Å². The molecular formula is C20H17FN6O2. The Kier molecular flexibility index (Phi) is 5.10. The molecule has 0 spiro atoms. The van der Waals surface area contributed by atoms with Crippen molar-refractivity contribution in [1.29, 1.82) is 0 Å². The molecule has 1 amide bonds. The van der Waals surface area contributed by atoms with Crippen molar-refractivity contribution in [2.75, 3.05) is 6.54 Å². The Hall–Kier alpha value is -3.88. The maximum absolute atomic E-state index is 13.1. The van der Waals surface area contributed by atoms with E-state index in [1.54, 1.807) is 0 Å². The van der Waals surface area contributed by atoms with E-state index in [0.29, 0.717) is 18.7 Å². The molecule has 2 aromatic carbocycles. The van der Waals surface area contributed by atoms with E-state index in [4.69, 9.17) is 0 Å². The van der Waals surface area contributed by atoms with E-state index in [-0.39, 0.29) is 29.3 Å². The van der Waals surface area contributed by atoms with E-state index >= 15 is 0 Å². The minimum Gasteiger partial charge on any atom is -0.354 e. The number of rotatable bonds is 6. The molecule has 4 aromatic rings. The summed E-state index contributed by atoms with van der Waals surface area (Å²) in [7, 11) is 0. The molecule has 0 fully saturated rings. The van der Waals surface area contributed by atoms with Gasteiger partial charge in [0, 0.05) is 6.54 Å². The molecule has 146 valence electrons. The molecule has 29 heavy (non-hydrogen) atoms. The fourth-order valence-electron chi connectivity index (χ4n) is 2.92. The lowest BCUT2D eigenvalue weighted by Crippen LogP contribution is -2.35. The van der Waals surface area contributed by atoms with E-state index in [9.17, 15) is 14.0 Å². The number of aromatic nitrogens is 5. The maximum atomic E-state index is 13.1. The molecule has 0 bridgehead atoms. The summed E-state index contributed by atoms with van der Waals surface area (Å²) in [4.78, 5) is 24.8. The summed E-state index contributed by atoms with van der Waals surface area (Å²) in [6, 6.07) is 15.4. The van der Waals surface area contributed by atoms with Gasteiger partial charge in [-0.2, -0.15) is 5.10 Å². The molecule has 2 aromatic heterocycles. The van der Waals surface area contributed by atoms with Crippen molar-refractivity contribution >= 4 is 16.9 Å². The van der Waals surface area contributed by atoms with Gasteiger partial charge in [-0.25, -0.2) is 13.8 Å². The van der Waals surface area contributed by atoms with Gasteiger partial charge >= 0.3 is 0 Å². The Labute approximate surface area is 164 Å². The van der Waals surface area contributed by atoms with Gasteiger partial charge < -0.3 is 5.32 Å². The Morgan fingerprint density at radius 2 is 1.83 bits per heavy atom. The molecule has 1 N–H and O–H groups in total. The Balaban J connectivity index is 1.47. The molecule has 0 radical (unpaired) electrons. The molecule has 0 atom stereocenters. The first kappa shape index (κ1) is 18.5. The number of amides is 1. The van der Waals surface area contributed by atoms with Crippen molar-refractivity contribution in [2.24, 2.45) is 0 Å². The monoisotopic (exact) mass is 392 g/mol. The van der Waals surface area contributed by atoms with Crippen LogP contribution in [-0.2, 0) is 17.8 Å². The fourth-order valence-corrected chi connectivity index (χ4v) is 2.92. The summed E-state index contributed by atoms with van der Waals surface area (Å²) in [5.74, 6) is -0.709. The summed E-state index contributed by atoms with van der Waals surface area (Å²) in [6.45, 7) is 0.216. The van der Waals surface area contributed by atoms with Crippen LogP contribution in [0.15, 0.2) is 65.6 Å². The minimum absolute atomic E-state index is 0.224. The minimum atomic E-state index is -0.471. The third kappa shape index (κ3) is 4.03. The predicted molar refractivity (Wildman–Crippen MR) is 104 cm³/mol. The van der Waals surface area contributed by atoms with Gasteiger partial charge in [0.15, 0.2) is 5.65 Å². The first-order valence-electron chi connectivity index (χ1n) is 9.00. The molecule has 8 nitrogen and oxygen atoms in total. The van der Waals surface area contributed by atoms with Crippen molar-refractivity contribution in [3.8, 4) is 5.69 Å². The normalized spacial score (nSPS) is 10.9. The van der Waals surface area contributed by atoms with Crippen LogP contribution >= 0.6 is 0 Å². The van der Waals surface area contributed by atoms with E-state index in [1.165, 1.54) is 35.1 Å². The lowest BCUT2D eigenvalue weighted by atomic mass is 10.1. The first-order chi connectivity index (χ1) is 14.1. The van der Waals surface area contributed by atoms with Gasteiger partial charge in [-0.3, -0.25) is 9.59 Å². The van der Waals surface area contributed by atoms with Crippen LogP contribution in [0, 0.1) is 5.82 Å². The molecule has 0 unspecified atom stereocenters. The number of hydrogen-bond acceptors (Lipinski definition) is 5. The number of nitrogens with one attached hydrogen (secondary N) is 1. The van der Waals surface area contributed by atoms with Crippen LogP contribution in [0.4, 0.5) is 4.39 Å². The topological polar surface area (TPSA) is 94.7 Å². The van der Waals surface area contributed by atoms with Gasteiger partial charge in [-0.15, -0.1) is 5.10 Å². The van der Waals surface area contributed by atoms with E-state index in [2.05, 4.69) is 20.7 Å². The van der Waals surface area contributed by atoms with Gasteiger partial charge in [0.05, 0.1) is 11.9 Å². The molecule has 9 heteroatoms. The zero-order valence-corrected chi connectivity index (χ0v) is 15.3.